The zero-order chi connectivity index (χ0) is 17.2. The van der Waals surface area contributed by atoms with Crippen molar-refractivity contribution in [2.24, 2.45) is 5.92 Å². The van der Waals surface area contributed by atoms with Crippen LogP contribution in [0.25, 0.3) is 11.4 Å². The third kappa shape index (κ3) is 3.16. The average molecular weight is 337 g/mol. The number of para-hydroxylation sites is 1. The molecule has 0 unspecified atom stereocenters. The predicted molar refractivity (Wildman–Crippen MR) is 90.3 cm³/mol. The predicted octanol–water partition coefficient (Wildman–Crippen LogP) is 2.22. The standard InChI is InChI=1S/C18H15N3O4/c22-17(13-9-12-3-1-2-4-15(12)24-10-13)19-14-7-5-11(6-8-14)16-20-18(23)25-21-16/h1-8,13H,9-10H2,(H,19,22)(H,20,21,23)/t13-/m1/s1. The topological polar surface area (TPSA) is 97.2 Å². The molecule has 3 aromatic rings. The molecule has 0 bridgehead atoms. The summed E-state index contributed by atoms with van der Waals surface area (Å²) in [6, 6.07) is 14.7. The van der Waals surface area contributed by atoms with Crippen molar-refractivity contribution in [1.29, 1.82) is 0 Å². The summed E-state index contributed by atoms with van der Waals surface area (Å²) in [5, 5.41) is 6.52. The molecule has 0 radical (unpaired) electrons. The first-order valence-corrected chi connectivity index (χ1v) is 7.87. The van der Waals surface area contributed by atoms with Gasteiger partial charge in [0.15, 0.2) is 5.82 Å². The second-order valence-electron chi connectivity index (χ2n) is 5.83. The summed E-state index contributed by atoms with van der Waals surface area (Å²) in [5.41, 5.74) is 2.40. The smallest absolute Gasteiger partial charge is 0.439 e. The van der Waals surface area contributed by atoms with Gasteiger partial charge < -0.3 is 10.1 Å². The van der Waals surface area contributed by atoms with Gasteiger partial charge in [0.1, 0.15) is 12.4 Å². The number of aromatic nitrogens is 2. The number of nitrogens with zero attached hydrogens (tertiary/aromatic N) is 1. The van der Waals surface area contributed by atoms with E-state index in [1.165, 1.54) is 0 Å². The van der Waals surface area contributed by atoms with E-state index >= 15 is 0 Å². The molecule has 126 valence electrons. The van der Waals surface area contributed by atoms with Crippen LogP contribution < -0.4 is 15.8 Å². The molecule has 1 atom stereocenters. The van der Waals surface area contributed by atoms with Gasteiger partial charge in [0.2, 0.25) is 5.91 Å². The van der Waals surface area contributed by atoms with Crippen LogP contribution in [0.4, 0.5) is 5.69 Å². The highest BCUT2D eigenvalue weighted by Gasteiger charge is 2.25. The molecule has 0 aliphatic carbocycles. The van der Waals surface area contributed by atoms with Crippen LogP contribution >= 0.6 is 0 Å². The van der Waals surface area contributed by atoms with Crippen LogP contribution in [-0.4, -0.2) is 22.7 Å². The van der Waals surface area contributed by atoms with Crippen LogP contribution in [0.2, 0.25) is 0 Å². The first-order chi connectivity index (χ1) is 12.2. The number of nitrogens with one attached hydrogen (secondary N) is 2. The molecular formula is C18H15N3O4. The second kappa shape index (κ2) is 6.27. The number of hydrogen-bond acceptors (Lipinski definition) is 5. The number of aromatic amines is 1. The summed E-state index contributed by atoms with van der Waals surface area (Å²) in [4.78, 5) is 25.9. The van der Waals surface area contributed by atoms with Crippen molar-refractivity contribution >= 4 is 11.6 Å². The Morgan fingerprint density at radius 2 is 1.96 bits per heavy atom. The maximum atomic E-state index is 12.5. The molecule has 2 aromatic carbocycles. The molecule has 1 amide bonds. The van der Waals surface area contributed by atoms with Gasteiger partial charge in [-0.3, -0.25) is 14.3 Å². The highest BCUT2D eigenvalue weighted by atomic mass is 16.5. The number of fused-ring (bicyclic) bond motifs is 1. The second-order valence-corrected chi connectivity index (χ2v) is 5.83. The first kappa shape index (κ1) is 15.2. The van der Waals surface area contributed by atoms with Gasteiger partial charge in [0, 0.05) is 11.3 Å². The molecule has 1 aliphatic rings. The minimum Gasteiger partial charge on any atom is -0.492 e. The van der Waals surface area contributed by atoms with Gasteiger partial charge in [-0.2, -0.15) is 0 Å². The van der Waals surface area contributed by atoms with Gasteiger partial charge in [-0.05, 0) is 42.3 Å². The molecule has 1 aromatic heterocycles. The van der Waals surface area contributed by atoms with Crippen molar-refractivity contribution in [2.75, 3.05) is 11.9 Å². The Labute approximate surface area is 142 Å². The molecule has 0 saturated carbocycles. The molecule has 7 nitrogen and oxygen atoms in total. The molecule has 4 rings (SSSR count). The minimum atomic E-state index is -0.607. The lowest BCUT2D eigenvalue weighted by Gasteiger charge is -2.24. The molecule has 1 aliphatic heterocycles. The van der Waals surface area contributed by atoms with Gasteiger partial charge in [-0.1, -0.05) is 23.4 Å². The van der Waals surface area contributed by atoms with Gasteiger partial charge in [0.05, 0.1) is 5.92 Å². The van der Waals surface area contributed by atoms with Crippen molar-refractivity contribution in [3.8, 4) is 17.1 Å². The lowest BCUT2D eigenvalue weighted by Crippen LogP contribution is -2.32. The molecule has 0 saturated heterocycles. The van der Waals surface area contributed by atoms with Crippen molar-refractivity contribution < 1.29 is 14.1 Å². The Hall–Kier alpha value is -3.35. The Morgan fingerprint density at radius 3 is 2.72 bits per heavy atom. The quantitative estimate of drug-likeness (QED) is 0.764. The number of hydrogen-bond donors (Lipinski definition) is 2. The highest BCUT2D eigenvalue weighted by molar-refractivity contribution is 5.93. The van der Waals surface area contributed by atoms with Crippen LogP contribution in [0.1, 0.15) is 5.56 Å². The van der Waals surface area contributed by atoms with Gasteiger partial charge >= 0.3 is 5.76 Å². The van der Waals surface area contributed by atoms with E-state index in [1.54, 1.807) is 24.3 Å². The van der Waals surface area contributed by atoms with Crippen molar-refractivity contribution in [2.45, 2.75) is 6.42 Å². The molecule has 0 fully saturated rings. The minimum absolute atomic E-state index is 0.0860. The largest absolute Gasteiger partial charge is 0.492 e. The number of carbonyl (C=O) groups is 1. The molecule has 7 heteroatoms. The summed E-state index contributed by atoms with van der Waals surface area (Å²) in [5.74, 6) is 0.265. The Morgan fingerprint density at radius 1 is 1.16 bits per heavy atom. The number of rotatable bonds is 3. The Bertz CT molecular complexity index is 959. The lowest BCUT2D eigenvalue weighted by atomic mass is 9.96. The third-order valence-corrected chi connectivity index (χ3v) is 4.12. The number of H-pyrrole nitrogens is 1. The molecule has 2 heterocycles. The first-order valence-electron chi connectivity index (χ1n) is 7.87. The van der Waals surface area contributed by atoms with Crippen LogP contribution in [0.15, 0.2) is 57.8 Å². The van der Waals surface area contributed by atoms with Gasteiger partial charge in [-0.15, -0.1) is 0 Å². The zero-order valence-corrected chi connectivity index (χ0v) is 13.2. The molecule has 0 spiro atoms. The number of benzene rings is 2. The highest BCUT2D eigenvalue weighted by Crippen LogP contribution is 2.27. The maximum Gasteiger partial charge on any atom is 0.439 e. The maximum absolute atomic E-state index is 12.5. The van der Waals surface area contributed by atoms with Crippen LogP contribution in [0.3, 0.4) is 0 Å². The van der Waals surface area contributed by atoms with E-state index in [2.05, 4.69) is 20.0 Å². The number of amides is 1. The summed E-state index contributed by atoms with van der Waals surface area (Å²) in [6.45, 7) is 0.362. The van der Waals surface area contributed by atoms with Crippen molar-refractivity contribution in [3.05, 3.63) is 64.6 Å². The van der Waals surface area contributed by atoms with Gasteiger partial charge in [-0.25, -0.2) is 4.79 Å². The van der Waals surface area contributed by atoms with E-state index in [0.29, 0.717) is 30.1 Å². The fourth-order valence-electron chi connectivity index (χ4n) is 2.81. The lowest BCUT2D eigenvalue weighted by molar-refractivity contribution is -0.121. The fourth-order valence-corrected chi connectivity index (χ4v) is 2.81. The van der Waals surface area contributed by atoms with Gasteiger partial charge in [0.25, 0.3) is 0 Å². The van der Waals surface area contributed by atoms with E-state index in [0.717, 1.165) is 11.3 Å². The number of anilines is 1. The van der Waals surface area contributed by atoms with E-state index in [4.69, 9.17) is 4.74 Å². The summed E-state index contributed by atoms with van der Waals surface area (Å²) in [6.07, 6.45) is 0.653. The zero-order valence-electron chi connectivity index (χ0n) is 13.2. The van der Waals surface area contributed by atoms with Crippen LogP contribution in [-0.2, 0) is 11.2 Å². The fraction of sp³-hybridized carbons (Fsp3) is 0.167. The monoisotopic (exact) mass is 337 g/mol. The molecular weight excluding hydrogens is 322 g/mol. The normalized spacial score (nSPS) is 15.9. The van der Waals surface area contributed by atoms with Crippen molar-refractivity contribution in [1.82, 2.24) is 10.1 Å². The summed E-state index contributed by atoms with van der Waals surface area (Å²) < 4.78 is 10.1. The van der Waals surface area contributed by atoms with E-state index in [-0.39, 0.29) is 11.8 Å². The van der Waals surface area contributed by atoms with E-state index in [9.17, 15) is 9.59 Å². The summed E-state index contributed by atoms with van der Waals surface area (Å²) >= 11 is 0. The molecule has 25 heavy (non-hydrogen) atoms. The summed E-state index contributed by atoms with van der Waals surface area (Å²) in [7, 11) is 0. The average Bonchev–Trinajstić information content (AvgIpc) is 3.08. The van der Waals surface area contributed by atoms with Crippen LogP contribution in [0, 0.1) is 5.92 Å². The van der Waals surface area contributed by atoms with E-state index in [1.807, 2.05) is 24.3 Å². The van der Waals surface area contributed by atoms with Crippen molar-refractivity contribution in [3.63, 3.8) is 0 Å². The van der Waals surface area contributed by atoms with E-state index < -0.39 is 5.76 Å². The SMILES string of the molecule is O=C(Nc1ccc(-c2noc(=O)[nH]2)cc1)[C@H]1COc2ccccc2C1. The Balaban J connectivity index is 1.44. The Kier molecular flexibility index (Phi) is 3.81. The van der Waals surface area contributed by atoms with Crippen LogP contribution in [0.5, 0.6) is 5.75 Å². The third-order valence-electron chi connectivity index (χ3n) is 4.12. The number of carbonyl (C=O) groups excluding carboxylic acids is 1. The molecule has 2 N–H and O–H groups in total. The number of ether oxygens (including phenoxy) is 1.